The summed E-state index contributed by atoms with van der Waals surface area (Å²) in [5.74, 6) is -0.418. The quantitative estimate of drug-likeness (QED) is 0.360. The van der Waals surface area contributed by atoms with Crippen LogP contribution in [-0.2, 0) is 14.3 Å². The molecule has 1 aliphatic heterocycles. The Morgan fingerprint density at radius 3 is 2.54 bits per heavy atom. The summed E-state index contributed by atoms with van der Waals surface area (Å²) in [6.45, 7) is 5.64. The summed E-state index contributed by atoms with van der Waals surface area (Å²) in [5, 5.41) is 7.02. The smallest absolute Gasteiger partial charge is 0.262 e. The molecule has 198 valence electrons. The molecule has 1 fully saturated rings. The molecule has 0 bridgehead atoms. The van der Waals surface area contributed by atoms with Crippen LogP contribution in [0.1, 0.15) is 29.8 Å². The molecule has 3 amide bonds. The molecule has 1 atom stereocenters. The molecule has 37 heavy (non-hydrogen) atoms. The van der Waals surface area contributed by atoms with E-state index in [4.69, 9.17) is 25.8 Å². The van der Waals surface area contributed by atoms with Crippen LogP contribution < -0.4 is 20.2 Å². The molecule has 0 radical (unpaired) electrons. The van der Waals surface area contributed by atoms with Gasteiger partial charge in [-0.25, -0.2) is 5.43 Å². The number of hydrogen-bond acceptors (Lipinski definition) is 7. The van der Waals surface area contributed by atoms with Crippen molar-refractivity contribution in [3.63, 3.8) is 0 Å². The van der Waals surface area contributed by atoms with Crippen LogP contribution >= 0.6 is 11.6 Å². The number of benzene rings is 2. The molecular formula is C26H31ClN4O6. The molecule has 1 saturated heterocycles. The van der Waals surface area contributed by atoms with E-state index >= 15 is 0 Å². The summed E-state index contributed by atoms with van der Waals surface area (Å²) >= 11 is 6.09. The van der Waals surface area contributed by atoms with Gasteiger partial charge in [-0.3, -0.25) is 14.4 Å². The van der Waals surface area contributed by atoms with Crippen LogP contribution in [0.2, 0.25) is 5.02 Å². The maximum absolute atomic E-state index is 12.7. The van der Waals surface area contributed by atoms with Crippen molar-refractivity contribution >= 4 is 35.5 Å². The number of hydrogen-bond donors (Lipinski definition) is 2. The maximum atomic E-state index is 12.7. The van der Waals surface area contributed by atoms with Gasteiger partial charge in [-0.15, -0.1) is 0 Å². The topological polar surface area (TPSA) is 119 Å². The van der Waals surface area contributed by atoms with E-state index in [0.29, 0.717) is 48.4 Å². The Morgan fingerprint density at radius 2 is 1.86 bits per heavy atom. The van der Waals surface area contributed by atoms with Crippen molar-refractivity contribution in [1.82, 2.24) is 15.6 Å². The van der Waals surface area contributed by atoms with Crippen molar-refractivity contribution in [2.24, 2.45) is 11.0 Å². The van der Waals surface area contributed by atoms with Gasteiger partial charge in [0.1, 0.15) is 6.04 Å². The normalized spacial score (nSPS) is 14.4. The van der Waals surface area contributed by atoms with Crippen molar-refractivity contribution in [3.8, 4) is 11.5 Å². The number of nitrogens with one attached hydrogen (secondary N) is 2. The summed E-state index contributed by atoms with van der Waals surface area (Å²) in [6.07, 6.45) is 1.44. The first-order valence-electron chi connectivity index (χ1n) is 11.8. The Balaban J connectivity index is 1.58. The summed E-state index contributed by atoms with van der Waals surface area (Å²) in [6, 6.07) is 10.8. The molecule has 0 aromatic heterocycles. The first-order chi connectivity index (χ1) is 17.8. The minimum Gasteiger partial charge on any atom is -0.493 e. The Hall–Kier alpha value is -3.63. The van der Waals surface area contributed by atoms with Gasteiger partial charge in [0.15, 0.2) is 18.1 Å². The third-order valence-corrected chi connectivity index (χ3v) is 5.97. The lowest BCUT2D eigenvalue weighted by Gasteiger charge is -2.26. The van der Waals surface area contributed by atoms with Crippen LogP contribution in [0, 0.1) is 5.92 Å². The predicted molar refractivity (Wildman–Crippen MR) is 139 cm³/mol. The fourth-order valence-corrected chi connectivity index (χ4v) is 3.79. The van der Waals surface area contributed by atoms with E-state index in [0.717, 1.165) is 0 Å². The highest BCUT2D eigenvalue weighted by Crippen LogP contribution is 2.27. The lowest BCUT2D eigenvalue weighted by atomic mass is 10.0. The van der Waals surface area contributed by atoms with Gasteiger partial charge in [0.2, 0.25) is 0 Å². The van der Waals surface area contributed by atoms with Crippen molar-refractivity contribution in [3.05, 3.63) is 58.6 Å². The number of halogens is 1. The average Bonchev–Trinajstić information content (AvgIpc) is 2.90. The van der Waals surface area contributed by atoms with E-state index in [1.807, 2.05) is 13.8 Å². The zero-order valence-electron chi connectivity index (χ0n) is 21.0. The largest absolute Gasteiger partial charge is 0.493 e. The molecule has 1 aliphatic rings. The van der Waals surface area contributed by atoms with Gasteiger partial charge in [0, 0.05) is 13.1 Å². The number of hydrazone groups is 1. The van der Waals surface area contributed by atoms with Gasteiger partial charge < -0.3 is 24.4 Å². The van der Waals surface area contributed by atoms with E-state index in [2.05, 4.69) is 15.8 Å². The SMILES string of the molecule is COc1cc(C=NNC(=O)C(NC(=O)c2ccccc2Cl)C(C)C)ccc1OCC(=O)N1CCOCC1. The monoisotopic (exact) mass is 530 g/mol. The van der Waals surface area contributed by atoms with Crippen LogP contribution in [0.3, 0.4) is 0 Å². The zero-order chi connectivity index (χ0) is 26.8. The highest BCUT2D eigenvalue weighted by Gasteiger charge is 2.25. The van der Waals surface area contributed by atoms with Crippen LogP contribution in [0.4, 0.5) is 0 Å². The first kappa shape index (κ1) is 27.9. The zero-order valence-corrected chi connectivity index (χ0v) is 21.8. The third-order valence-electron chi connectivity index (χ3n) is 5.65. The number of carbonyl (C=O) groups excluding carboxylic acids is 3. The predicted octanol–water partition coefficient (Wildman–Crippen LogP) is 2.49. The van der Waals surface area contributed by atoms with Gasteiger partial charge in [-0.05, 0) is 41.8 Å². The summed E-state index contributed by atoms with van der Waals surface area (Å²) in [5.41, 5.74) is 3.38. The van der Waals surface area contributed by atoms with Gasteiger partial charge in [-0.2, -0.15) is 5.10 Å². The number of ether oxygens (including phenoxy) is 3. The minimum absolute atomic E-state index is 0.115. The molecule has 1 unspecified atom stereocenters. The van der Waals surface area contributed by atoms with E-state index < -0.39 is 17.9 Å². The second-order valence-corrected chi connectivity index (χ2v) is 9.01. The molecule has 2 aromatic rings. The van der Waals surface area contributed by atoms with Crippen molar-refractivity contribution < 1.29 is 28.6 Å². The number of carbonyl (C=O) groups is 3. The molecule has 2 aromatic carbocycles. The van der Waals surface area contributed by atoms with Gasteiger partial charge in [0.25, 0.3) is 17.7 Å². The molecule has 0 saturated carbocycles. The number of rotatable bonds is 10. The summed E-state index contributed by atoms with van der Waals surface area (Å²) < 4.78 is 16.3. The van der Waals surface area contributed by atoms with Crippen molar-refractivity contribution in [2.75, 3.05) is 40.0 Å². The molecular weight excluding hydrogens is 500 g/mol. The standard InChI is InChI=1S/C26H31ClN4O6/c1-17(2)24(29-25(33)19-6-4-5-7-20(19)27)26(34)30-28-15-18-8-9-21(22(14-18)35-3)37-16-23(32)31-10-12-36-13-11-31/h4-9,14-15,17,24H,10-13,16H2,1-3H3,(H,29,33)(H,30,34). The van der Waals surface area contributed by atoms with E-state index in [-0.39, 0.29) is 24.0 Å². The lowest BCUT2D eigenvalue weighted by Crippen LogP contribution is -2.48. The Labute approximate surface area is 220 Å². The van der Waals surface area contributed by atoms with Crippen LogP contribution in [0.25, 0.3) is 0 Å². The number of methoxy groups -OCH3 is 1. The molecule has 3 rings (SSSR count). The molecule has 1 heterocycles. The van der Waals surface area contributed by atoms with Crippen LogP contribution in [-0.4, -0.2) is 74.9 Å². The van der Waals surface area contributed by atoms with E-state index in [9.17, 15) is 14.4 Å². The van der Waals surface area contributed by atoms with Gasteiger partial charge in [0.05, 0.1) is 37.1 Å². The van der Waals surface area contributed by atoms with Gasteiger partial charge in [-0.1, -0.05) is 37.6 Å². The second-order valence-electron chi connectivity index (χ2n) is 8.60. The average molecular weight is 531 g/mol. The fraction of sp³-hybridized carbons (Fsp3) is 0.385. The van der Waals surface area contributed by atoms with E-state index in [1.165, 1.54) is 13.3 Å². The van der Waals surface area contributed by atoms with Crippen LogP contribution in [0.15, 0.2) is 47.6 Å². The summed E-state index contributed by atoms with van der Waals surface area (Å²) in [7, 11) is 1.49. The second kappa shape index (κ2) is 13.6. The number of nitrogens with zero attached hydrogens (tertiary/aromatic N) is 2. The number of amides is 3. The van der Waals surface area contributed by atoms with Crippen molar-refractivity contribution in [2.45, 2.75) is 19.9 Å². The van der Waals surface area contributed by atoms with Crippen molar-refractivity contribution in [1.29, 1.82) is 0 Å². The molecule has 0 spiro atoms. The molecule has 11 heteroatoms. The highest BCUT2D eigenvalue weighted by molar-refractivity contribution is 6.33. The van der Waals surface area contributed by atoms with Gasteiger partial charge >= 0.3 is 0 Å². The number of morpholine rings is 1. The van der Waals surface area contributed by atoms with Crippen LogP contribution in [0.5, 0.6) is 11.5 Å². The molecule has 10 nitrogen and oxygen atoms in total. The Bertz CT molecular complexity index is 1130. The molecule has 2 N–H and O–H groups in total. The summed E-state index contributed by atoms with van der Waals surface area (Å²) in [4.78, 5) is 39.3. The minimum atomic E-state index is -0.824. The maximum Gasteiger partial charge on any atom is 0.262 e. The lowest BCUT2D eigenvalue weighted by molar-refractivity contribution is -0.137. The first-order valence-corrected chi connectivity index (χ1v) is 12.2. The Kier molecular flexibility index (Phi) is 10.3. The Morgan fingerprint density at radius 1 is 1.14 bits per heavy atom. The fourth-order valence-electron chi connectivity index (χ4n) is 3.57. The highest BCUT2D eigenvalue weighted by atomic mass is 35.5. The molecule has 0 aliphatic carbocycles. The third kappa shape index (κ3) is 7.93. The van der Waals surface area contributed by atoms with E-state index in [1.54, 1.807) is 47.4 Å².